The minimum absolute atomic E-state index is 0.0604. The molecular weight excluding hydrogens is 420 g/mol. The molecule has 1 N–H and O–H groups in total. The first-order valence-electron chi connectivity index (χ1n) is 11.0. The number of nitrogens with one attached hydrogen (secondary N) is 1. The van der Waals surface area contributed by atoms with Gasteiger partial charge in [0.1, 0.15) is 0 Å². The van der Waals surface area contributed by atoms with E-state index in [0.717, 1.165) is 30.5 Å². The van der Waals surface area contributed by atoms with E-state index in [2.05, 4.69) is 4.72 Å². The molecule has 0 bridgehead atoms. The quantitative estimate of drug-likeness (QED) is 0.575. The smallest absolute Gasteiger partial charge is 0.258 e. The Hall–Kier alpha value is -2.96. The van der Waals surface area contributed by atoms with E-state index in [1.807, 2.05) is 55.5 Å². The van der Waals surface area contributed by atoms with E-state index in [-0.39, 0.29) is 16.8 Å². The van der Waals surface area contributed by atoms with Gasteiger partial charge < -0.3 is 4.90 Å². The van der Waals surface area contributed by atoms with Gasteiger partial charge in [0.15, 0.2) is 0 Å². The highest BCUT2D eigenvalue weighted by Gasteiger charge is 2.26. The first kappa shape index (κ1) is 22.2. The predicted octanol–water partition coefficient (Wildman–Crippen LogP) is 4.58. The number of anilines is 1. The van der Waals surface area contributed by atoms with Crippen LogP contribution in [0.3, 0.4) is 0 Å². The summed E-state index contributed by atoms with van der Waals surface area (Å²) in [5.74, 6) is -0.0604. The van der Waals surface area contributed by atoms with Crippen LogP contribution in [0.15, 0.2) is 83.8 Å². The molecule has 0 aromatic heterocycles. The fourth-order valence-electron chi connectivity index (χ4n) is 4.11. The number of nitrogens with zero attached hydrogens (tertiary/aromatic N) is 1. The van der Waals surface area contributed by atoms with Crippen LogP contribution in [0.2, 0.25) is 0 Å². The summed E-state index contributed by atoms with van der Waals surface area (Å²) in [7, 11) is -3.64. The Morgan fingerprint density at radius 1 is 1.00 bits per heavy atom. The molecule has 0 fully saturated rings. The van der Waals surface area contributed by atoms with Crippen molar-refractivity contribution in [2.75, 3.05) is 11.4 Å². The number of sulfonamides is 1. The van der Waals surface area contributed by atoms with Crippen molar-refractivity contribution in [3.05, 3.63) is 95.6 Å². The van der Waals surface area contributed by atoms with E-state index in [0.29, 0.717) is 18.5 Å². The molecule has 166 valence electrons. The molecule has 3 aromatic rings. The van der Waals surface area contributed by atoms with Crippen molar-refractivity contribution in [2.24, 2.45) is 0 Å². The van der Waals surface area contributed by atoms with Crippen LogP contribution in [0, 0.1) is 0 Å². The summed E-state index contributed by atoms with van der Waals surface area (Å²) < 4.78 is 28.8. The minimum atomic E-state index is -3.64. The van der Waals surface area contributed by atoms with Crippen molar-refractivity contribution < 1.29 is 13.2 Å². The molecule has 0 unspecified atom stereocenters. The maximum Gasteiger partial charge on any atom is 0.258 e. The number of amides is 1. The molecule has 1 atom stereocenters. The average molecular weight is 449 g/mol. The molecule has 0 saturated carbocycles. The Balaban J connectivity index is 1.48. The standard InChI is InChI=1S/C26H28N2O3S/c1-20(14-15-21-9-4-2-5-10-21)27-32(30,31)24-16-17-25-23(19-24)13-8-18-28(25)26(29)22-11-6-3-7-12-22/h2-7,9-12,16-17,19-20,27H,8,13-15,18H2,1H3/t20-/m0/s1. The number of aryl methyl sites for hydroxylation is 2. The van der Waals surface area contributed by atoms with Gasteiger partial charge in [0, 0.05) is 23.8 Å². The predicted molar refractivity (Wildman–Crippen MR) is 127 cm³/mol. The number of benzene rings is 3. The molecule has 4 rings (SSSR count). The van der Waals surface area contributed by atoms with Gasteiger partial charge in [-0.25, -0.2) is 13.1 Å². The molecule has 0 spiro atoms. The van der Waals surface area contributed by atoms with E-state index in [9.17, 15) is 13.2 Å². The zero-order valence-corrected chi connectivity index (χ0v) is 19.0. The minimum Gasteiger partial charge on any atom is -0.308 e. The molecule has 0 saturated heterocycles. The van der Waals surface area contributed by atoms with Crippen molar-refractivity contribution in [3.63, 3.8) is 0 Å². The lowest BCUT2D eigenvalue weighted by Gasteiger charge is -2.30. The Morgan fingerprint density at radius 2 is 1.69 bits per heavy atom. The number of carbonyl (C=O) groups excluding carboxylic acids is 1. The Kier molecular flexibility index (Phi) is 6.72. The normalized spacial score (nSPS) is 14.6. The monoisotopic (exact) mass is 448 g/mol. The van der Waals surface area contributed by atoms with Crippen LogP contribution < -0.4 is 9.62 Å². The van der Waals surface area contributed by atoms with Gasteiger partial charge >= 0.3 is 0 Å². The molecule has 0 radical (unpaired) electrons. The third-order valence-electron chi connectivity index (χ3n) is 5.81. The largest absolute Gasteiger partial charge is 0.308 e. The van der Waals surface area contributed by atoms with E-state index in [1.54, 1.807) is 35.2 Å². The van der Waals surface area contributed by atoms with Crippen molar-refractivity contribution in [2.45, 2.75) is 43.5 Å². The van der Waals surface area contributed by atoms with E-state index in [1.165, 1.54) is 5.56 Å². The average Bonchev–Trinajstić information content (AvgIpc) is 2.82. The zero-order valence-electron chi connectivity index (χ0n) is 18.2. The number of hydrogen-bond donors (Lipinski definition) is 1. The van der Waals surface area contributed by atoms with Crippen molar-refractivity contribution in [3.8, 4) is 0 Å². The van der Waals surface area contributed by atoms with Gasteiger partial charge in [-0.15, -0.1) is 0 Å². The topological polar surface area (TPSA) is 66.5 Å². The molecule has 1 aliphatic rings. The van der Waals surface area contributed by atoms with Gasteiger partial charge in [0.25, 0.3) is 5.91 Å². The van der Waals surface area contributed by atoms with Gasteiger partial charge in [0.2, 0.25) is 10.0 Å². The Labute approximate surface area is 190 Å². The molecule has 1 amide bonds. The highest BCUT2D eigenvalue weighted by Crippen LogP contribution is 2.30. The summed E-state index contributed by atoms with van der Waals surface area (Å²) in [4.78, 5) is 15.0. The van der Waals surface area contributed by atoms with Gasteiger partial charge in [-0.2, -0.15) is 0 Å². The first-order valence-corrected chi connectivity index (χ1v) is 12.5. The summed E-state index contributed by atoms with van der Waals surface area (Å²) in [6.07, 6.45) is 3.08. The van der Waals surface area contributed by atoms with E-state index in [4.69, 9.17) is 0 Å². The van der Waals surface area contributed by atoms with Crippen LogP contribution in [0.5, 0.6) is 0 Å². The summed E-state index contributed by atoms with van der Waals surface area (Å²) in [6.45, 7) is 2.51. The van der Waals surface area contributed by atoms with Gasteiger partial charge in [-0.3, -0.25) is 4.79 Å². The fourth-order valence-corrected chi connectivity index (χ4v) is 5.44. The third-order valence-corrected chi connectivity index (χ3v) is 7.40. The van der Waals surface area contributed by atoms with Crippen LogP contribution in [-0.4, -0.2) is 26.9 Å². The maximum atomic E-state index is 13.0. The molecule has 5 nitrogen and oxygen atoms in total. The Morgan fingerprint density at radius 3 is 2.41 bits per heavy atom. The van der Waals surface area contributed by atoms with Crippen LogP contribution in [0.4, 0.5) is 5.69 Å². The number of hydrogen-bond acceptors (Lipinski definition) is 3. The number of fused-ring (bicyclic) bond motifs is 1. The van der Waals surface area contributed by atoms with Crippen LogP contribution in [0.25, 0.3) is 0 Å². The van der Waals surface area contributed by atoms with Gasteiger partial charge in [-0.05, 0) is 74.1 Å². The van der Waals surface area contributed by atoms with Crippen LogP contribution in [-0.2, 0) is 22.9 Å². The van der Waals surface area contributed by atoms with Crippen LogP contribution in [0.1, 0.15) is 41.3 Å². The molecule has 32 heavy (non-hydrogen) atoms. The SMILES string of the molecule is C[C@@H](CCc1ccccc1)NS(=O)(=O)c1ccc2c(c1)CCCN2C(=O)c1ccccc1. The molecule has 1 heterocycles. The summed E-state index contributed by atoms with van der Waals surface area (Å²) in [5, 5.41) is 0. The molecule has 3 aromatic carbocycles. The zero-order chi connectivity index (χ0) is 22.6. The maximum absolute atomic E-state index is 13.0. The molecule has 1 aliphatic heterocycles. The lowest BCUT2D eigenvalue weighted by Crippen LogP contribution is -2.36. The third kappa shape index (κ3) is 5.09. The van der Waals surface area contributed by atoms with Gasteiger partial charge in [0.05, 0.1) is 4.90 Å². The number of carbonyl (C=O) groups is 1. The molecular formula is C26H28N2O3S. The lowest BCUT2D eigenvalue weighted by atomic mass is 10.0. The second-order valence-electron chi connectivity index (χ2n) is 8.26. The second-order valence-corrected chi connectivity index (χ2v) is 9.98. The van der Waals surface area contributed by atoms with Crippen LogP contribution >= 0.6 is 0 Å². The van der Waals surface area contributed by atoms with Crippen molar-refractivity contribution in [1.29, 1.82) is 0 Å². The molecule has 0 aliphatic carbocycles. The Bertz CT molecular complexity index is 1180. The van der Waals surface area contributed by atoms with Gasteiger partial charge in [-0.1, -0.05) is 48.5 Å². The number of rotatable bonds is 7. The molecule has 6 heteroatoms. The highest BCUT2D eigenvalue weighted by atomic mass is 32.2. The van der Waals surface area contributed by atoms with Crippen molar-refractivity contribution in [1.82, 2.24) is 4.72 Å². The summed E-state index contributed by atoms with van der Waals surface area (Å²) in [6, 6.07) is 24.1. The van der Waals surface area contributed by atoms with E-state index < -0.39 is 10.0 Å². The highest BCUT2D eigenvalue weighted by molar-refractivity contribution is 7.89. The fraction of sp³-hybridized carbons (Fsp3) is 0.269. The van der Waals surface area contributed by atoms with Crippen molar-refractivity contribution >= 4 is 21.6 Å². The summed E-state index contributed by atoms with van der Waals surface area (Å²) >= 11 is 0. The van der Waals surface area contributed by atoms with E-state index >= 15 is 0 Å². The lowest BCUT2D eigenvalue weighted by molar-refractivity contribution is 0.0985. The second kappa shape index (κ2) is 9.67. The summed E-state index contributed by atoms with van der Waals surface area (Å²) in [5.41, 5.74) is 3.50. The first-order chi connectivity index (χ1) is 15.4.